The molecule has 15 heavy (non-hydrogen) atoms. The van der Waals surface area contributed by atoms with E-state index in [-0.39, 0.29) is 5.54 Å². The van der Waals surface area contributed by atoms with Crippen LogP contribution in [0.25, 0.3) is 0 Å². The first-order chi connectivity index (χ1) is 7.26. The summed E-state index contributed by atoms with van der Waals surface area (Å²) >= 11 is 0. The van der Waals surface area contributed by atoms with E-state index in [1.807, 2.05) is 0 Å². The molecule has 1 saturated carbocycles. The summed E-state index contributed by atoms with van der Waals surface area (Å²) in [6.07, 6.45) is 2.54. The molecule has 80 valence electrons. The third-order valence-electron chi connectivity index (χ3n) is 3.84. The summed E-state index contributed by atoms with van der Waals surface area (Å²) in [4.78, 5) is 2.50. The number of fused-ring (bicyclic) bond motifs is 1. The summed E-state index contributed by atoms with van der Waals surface area (Å²) in [6, 6.07) is 10.7. The maximum Gasteiger partial charge on any atom is 0.0316 e. The van der Waals surface area contributed by atoms with Crippen LogP contribution in [0, 0.1) is 5.92 Å². The molecule has 1 aromatic rings. The number of rotatable bonds is 2. The quantitative estimate of drug-likeness (QED) is 0.789. The molecule has 1 aliphatic carbocycles. The summed E-state index contributed by atoms with van der Waals surface area (Å²) < 4.78 is 0. The zero-order chi connectivity index (χ0) is 10.3. The lowest BCUT2D eigenvalue weighted by atomic mass is 10.1. The van der Waals surface area contributed by atoms with E-state index in [1.165, 1.54) is 24.9 Å². The molecule has 2 N–H and O–H groups in total. The van der Waals surface area contributed by atoms with Crippen molar-refractivity contribution in [2.24, 2.45) is 11.7 Å². The molecule has 2 fully saturated rings. The third-order valence-corrected chi connectivity index (χ3v) is 3.84. The van der Waals surface area contributed by atoms with Gasteiger partial charge < -0.3 is 5.73 Å². The van der Waals surface area contributed by atoms with Crippen LogP contribution in [0.3, 0.4) is 0 Å². The Morgan fingerprint density at radius 2 is 2.13 bits per heavy atom. The molecule has 0 aromatic heterocycles. The minimum absolute atomic E-state index is 0.174. The molecular weight excluding hydrogens is 184 g/mol. The summed E-state index contributed by atoms with van der Waals surface area (Å²) in [5.74, 6) is 0.824. The van der Waals surface area contributed by atoms with Gasteiger partial charge in [-0.1, -0.05) is 30.3 Å². The first-order valence-electron chi connectivity index (χ1n) is 5.81. The lowest BCUT2D eigenvalue weighted by molar-refractivity contribution is 0.196. The molecule has 2 unspecified atom stereocenters. The molecule has 2 atom stereocenters. The molecule has 2 nitrogen and oxygen atoms in total. The van der Waals surface area contributed by atoms with Crippen molar-refractivity contribution in [3.63, 3.8) is 0 Å². The number of piperidine rings is 1. The van der Waals surface area contributed by atoms with Crippen LogP contribution in [0.1, 0.15) is 18.4 Å². The Balaban J connectivity index is 1.64. The van der Waals surface area contributed by atoms with Crippen LogP contribution in [-0.2, 0) is 6.54 Å². The molecule has 1 heterocycles. The molecule has 1 saturated heterocycles. The summed E-state index contributed by atoms with van der Waals surface area (Å²) in [6.45, 7) is 3.37. The van der Waals surface area contributed by atoms with Crippen molar-refractivity contribution in [3.05, 3.63) is 35.9 Å². The first-order valence-corrected chi connectivity index (χ1v) is 5.81. The Labute approximate surface area is 91.1 Å². The second kappa shape index (κ2) is 3.32. The highest BCUT2D eigenvalue weighted by Gasteiger charge is 2.53. The zero-order valence-electron chi connectivity index (χ0n) is 9.02. The average Bonchev–Trinajstić information content (AvgIpc) is 2.90. The van der Waals surface area contributed by atoms with E-state index in [9.17, 15) is 0 Å². The van der Waals surface area contributed by atoms with Crippen LogP contribution in [-0.4, -0.2) is 23.5 Å². The van der Waals surface area contributed by atoms with Crippen LogP contribution >= 0.6 is 0 Å². The van der Waals surface area contributed by atoms with Gasteiger partial charge in [0.2, 0.25) is 0 Å². The molecule has 1 aliphatic heterocycles. The van der Waals surface area contributed by atoms with Crippen molar-refractivity contribution in [1.82, 2.24) is 4.90 Å². The minimum Gasteiger partial charge on any atom is -0.324 e. The molecule has 0 bridgehead atoms. The van der Waals surface area contributed by atoms with E-state index < -0.39 is 0 Å². The lowest BCUT2D eigenvalue weighted by Crippen LogP contribution is -2.44. The molecule has 2 aliphatic rings. The van der Waals surface area contributed by atoms with Crippen molar-refractivity contribution in [1.29, 1.82) is 0 Å². The van der Waals surface area contributed by atoms with Gasteiger partial charge in [-0.2, -0.15) is 0 Å². The van der Waals surface area contributed by atoms with Gasteiger partial charge in [0.25, 0.3) is 0 Å². The summed E-state index contributed by atoms with van der Waals surface area (Å²) in [7, 11) is 0. The van der Waals surface area contributed by atoms with Crippen molar-refractivity contribution < 1.29 is 0 Å². The lowest BCUT2D eigenvalue weighted by Gasteiger charge is -2.30. The van der Waals surface area contributed by atoms with E-state index >= 15 is 0 Å². The SMILES string of the molecule is NC12CC1CCN(Cc1ccccc1)C2. The molecule has 0 radical (unpaired) electrons. The Bertz CT molecular complexity index is 349. The normalized spacial score (nSPS) is 34.9. The maximum absolute atomic E-state index is 6.25. The first kappa shape index (κ1) is 9.37. The maximum atomic E-state index is 6.25. The summed E-state index contributed by atoms with van der Waals surface area (Å²) in [5.41, 5.74) is 7.83. The van der Waals surface area contributed by atoms with Gasteiger partial charge in [-0.3, -0.25) is 4.90 Å². The van der Waals surface area contributed by atoms with Gasteiger partial charge in [0.1, 0.15) is 0 Å². The largest absolute Gasteiger partial charge is 0.324 e. The highest BCUT2D eigenvalue weighted by molar-refractivity contribution is 5.17. The smallest absolute Gasteiger partial charge is 0.0316 e. The Kier molecular flexibility index (Phi) is 2.08. The molecule has 0 spiro atoms. The second-order valence-electron chi connectivity index (χ2n) is 5.12. The van der Waals surface area contributed by atoms with Crippen molar-refractivity contribution in [2.75, 3.05) is 13.1 Å². The van der Waals surface area contributed by atoms with Gasteiger partial charge in [0.05, 0.1) is 0 Å². The number of nitrogens with zero attached hydrogens (tertiary/aromatic N) is 1. The Hall–Kier alpha value is -0.860. The zero-order valence-corrected chi connectivity index (χ0v) is 9.02. The number of hydrogen-bond donors (Lipinski definition) is 1. The monoisotopic (exact) mass is 202 g/mol. The van der Waals surface area contributed by atoms with Crippen molar-refractivity contribution in [3.8, 4) is 0 Å². The van der Waals surface area contributed by atoms with Crippen LogP contribution in [0.5, 0.6) is 0 Å². The van der Waals surface area contributed by atoms with Gasteiger partial charge in [0, 0.05) is 18.6 Å². The van der Waals surface area contributed by atoms with Crippen LogP contribution in [0.4, 0.5) is 0 Å². The molecule has 3 rings (SSSR count). The predicted octanol–water partition coefficient (Wildman–Crippen LogP) is 1.61. The van der Waals surface area contributed by atoms with Gasteiger partial charge in [-0.25, -0.2) is 0 Å². The van der Waals surface area contributed by atoms with Crippen LogP contribution in [0.2, 0.25) is 0 Å². The standard InChI is InChI=1S/C13H18N2/c14-13-8-12(13)6-7-15(10-13)9-11-4-2-1-3-5-11/h1-5,12H,6-10,14H2. The third kappa shape index (κ3) is 1.80. The Morgan fingerprint density at radius 1 is 1.33 bits per heavy atom. The fraction of sp³-hybridized carbons (Fsp3) is 0.538. The Morgan fingerprint density at radius 3 is 2.87 bits per heavy atom. The van der Waals surface area contributed by atoms with Crippen molar-refractivity contribution >= 4 is 0 Å². The second-order valence-corrected chi connectivity index (χ2v) is 5.12. The predicted molar refractivity (Wildman–Crippen MR) is 61.4 cm³/mol. The number of benzene rings is 1. The highest BCUT2D eigenvalue weighted by Crippen LogP contribution is 2.47. The average molecular weight is 202 g/mol. The van der Waals surface area contributed by atoms with E-state index in [0.29, 0.717) is 0 Å². The van der Waals surface area contributed by atoms with Gasteiger partial charge in [0.15, 0.2) is 0 Å². The van der Waals surface area contributed by atoms with Gasteiger partial charge >= 0.3 is 0 Å². The van der Waals surface area contributed by atoms with E-state index in [0.717, 1.165) is 19.0 Å². The highest BCUT2D eigenvalue weighted by atomic mass is 15.2. The molecule has 1 aromatic carbocycles. The number of hydrogen-bond acceptors (Lipinski definition) is 2. The topological polar surface area (TPSA) is 29.3 Å². The number of likely N-dealkylation sites (tertiary alicyclic amines) is 1. The van der Waals surface area contributed by atoms with Crippen LogP contribution < -0.4 is 5.73 Å². The van der Waals surface area contributed by atoms with E-state index in [2.05, 4.69) is 35.2 Å². The summed E-state index contributed by atoms with van der Waals surface area (Å²) in [5, 5.41) is 0. The van der Waals surface area contributed by atoms with E-state index in [1.54, 1.807) is 0 Å². The fourth-order valence-corrected chi connectivity index (χ4v) is 2.79. The van der Waals surface area contributed by atoms with Gasteiger partial charge in [-0.15, -0.1) is 0 Å². The number of nitrogens with two attached hydrogens (primary N) is 1. The minimum atomic E-state index is 0.174. The molecule has 2 heteroatoms. The van der Waals surface area contributed by atoms with E-state index in [4.69, 9.17) is 5.73 Å². The van der Waals surface area contributed by atoms with Crippen molar-refractivity contribution in [2.45, 2.75) is 24.9 Å². The van der Waals surface area contributed by atoms with Crippen LogP contribution in [0.15, 0.2) is 30.3 Å². The molecular formula is C13H18N2. The fourth-order valence-electron chi connectivity index (χ4n) is 2.79. The van der Waals surface area contributed by atoms with Gasteiger partial charge in [-0.05, 0) is 30.9 Å². The molecule has 0 amide bonds.